The number of anilines is 1. The van der Waals surface area contributed by atoms with E-state index < -0.39 is 11.7 Å². The minimum absolute atomic E-state index is 0.378. The molecule has 5 heteroatoms. The summed E-state index contributed by atoms with van der Waals surface area (Å²) in [6, 6.07) is 12.9. The Morgan fingerprint density at radius 2 is 1.76 bits per heavy atom. The van der Waals surface area contributed by atoms with Gasteiger partial charge in [-0.3, -0.25) is 0 Å². The highest BCUT2D eigenvalue weighted by molar-refractivity contribution is 5.53. The summed E-state index contributed by atoms with van der Waals surface area (Å²) in [5.74, 6) is 0. The lowest BCUT2D eigenvalue weighted by molar-refractivity contribution is -0.137. The molecule has 0 radical (unpaired) electrons. The molecule has 1 N–H and O–H groups in total. The normalized spacial score (nSPS) is 11.0. The van der Waals surface area contributed by atoms with Crippen LogP contribution in [0.1, 0.15) is 22.3 Å². The number of hydrogen-bond donors (Lipinski definition) is 1. The molecule has 0 aliphatic carbocycles. The average Bonchev–Trinajstić information content (AvgIpc) is 2.45. The van der Waals surface area contributed by atoms with E-state index in [0.29, 0.717) is 12.2 Å². The standard InChI is InChI=1S/C16H13F3N2/c1-11-2-4-12(5-3-11)10-21-14-6-7-15(16(17,18)19)13(8-14)9-20/h2-8,21H,10H2,1H3. The predicted molar refractivity (Wildman–Crippen MR) is 74.7 cm³/mol. The van der Waals surface area contributed by atoms with Gasteiger partial charge in [0.1, 0.15) is 0 Å². The maximum Gasteiger partial charge on any atom is 0.417 e. The third-order valence-electron chi connectivity index (χ3n) is 3.06. The Morgan fingerprint density at radius 1 is 1.10 bits per heavy atom. The van der Waals surface area contributed by atoms with E-state index in [2.05, 4.69) is 5.32 Å². The third-order valence-corrected chi connectivity index (χ3v) is 3.06. The summed E-state index contributed by atoms with van der Waals surface area (Å²) in [7, 11) is 0. The molecule has 2 aromatic carbocycles. The van der Waals surface area contributed by atoms with Crippen molar-refractivity contribution in [2.24, 2.45) is 0 Å². The van der Waals surface area contributed by atoms with Crippen LogP contribution in [0.15, 0.2) is 42.5 Å². The minimum Gasteiger partial charge on any atom is -0.381 e. The highest BCUT2D eigenvalue weighted by Crippen LogP contribution is 2.33. The Labute approximate surface area is 120 Å². The van der Waals surface area contributed by atoms with Crippen LogP contribution >= 0.6 is 0 Å². The van der Waals surface area contributed by atoms with Crippen molar-refractivity contribution in [1.29, 1.82) is 5.26 Å². The van der Waals surface area contributed by atoms with E-state index in [9.17, 15) is 13.2 Å². The first kappa shape index (κ1) is 14.9. The van der Waals surface area contributed by atoms with Gasteiger partial charge in [0.15, 0.2) is 0 Å². The second-order valence-corrected chi connectivity index (χ2v) is 4.71. The van der Waals surface area contributed by atoms with Crippen LogP contribution in [0.5, 0.6) is 0 Å². The first-order valence-corrected chi connectivity index (χ1v) is 6.31. The van der Waals surface area contributed by atoms with Crippen LogP contribution in [-0.2, 0) is 12.7 Å². The Hall–Kier alpha value is -2.48. The average molecular weight is 290 g/mol. The molecule has 0 saturated heterocycles. The number of nitriles is 1. The Morgan fingerprint density at radius 3 is 2.33 bits per heavy atom. The van der Waals surface area contributed by atoms with Gasteiger partial charge < -0.3 is 5.32 Å². The number of nitrogens with zero attached hydrogens (tertiary/aromatic N) is 1. The van der Waals surface area contributed by atoms with Crippen molar-refractivity contribution in [1.82, 2.24) is 0 Å². The molecule has 0 aromatic heterocycles. The van der Waals surface area contributed by atoms with Crippen LogP contribution in [0.3, 0.4) is 0 Å². The summed E-state index contributed by atoms with van der Waals surface area (Å²) in [4.78, 5) is 0. The summed E-state index contributed by atoms with van der Waals surface area (Å²) >= 11 is 0. The van der Waals surface area contributed by atoms with E-state index in [1.54, 1.807) is 6.07 Å². The summed E-state index contributed by atoms with van der Waals surface area (Å²) in [6.45, 7) is 2.46. The molecular weight excluding hydrogens is 277 g/mol. The number of benzene rings is 2. The van der Waals surface area contributed by atoms with Crippen LogP contribution in [0, 0.1) is 18.3 Å². The Kier molecular flexibility index (Phi) is 4.18. The molecular formula is C16H13F3N2. The van der Waals surface area contributed by atoms with Gasteiger partial charge in [-0.05, 0) is 30.7 Å². The maximum absolute atomic E-state index is 12.7. The highest BCUT2D eigenvalue weighted by Gasteiger charge is 2.33. The lowest BCUT2D eigenvalue weighted by Gasteiger charge is -2.11. The molecule has 0 amide bonds. The summed E-state index contributed by atoms with van der Waals surface area (Å²) in [5, 5.41) is 11.9. The third kappa shape index (κ3) is 3.76. The van der Waals surface area contributed by atoms with Crippen LogP contribution in [0.4, 0.5) is 18.9 Å². The van der Waals surface area contributed by atoms with Crippen LogP contribution in [0.2, 0.25) is 0 Å². The number of alkyl halides is 3. The van der Waals surface area contributed by atoms with Gasteiger partial charge >= 0.3 is 6.18 Å². The monoisotopic (exact) mass is 290 g/mol. The van der Waals surface area contributed by atoms with Gasteiger partial charge in [0.05, 0.1) is 17.2 Å². The fraction of sp³-hybridized carbons (Fsp3) is 0.188. The predicted octanol–water partition coefficient (Wildman–Crippen LogP) is 4.50. The van der Waals surface area contributed by atoms with Gasteiger partial charge in [0.2, 0.25) is 0 Å². The van der Waals surface area contributed by atoms with E-state index in [1.165, 1.54) is 12.1 Å². The molecule has 21 heavy (non-hydrogen) atoms. The fourth-order valence-electron chi connectivity index (χ4n) is 1.90. The molecule has 2 rings (SSSR count). The van der Waals surface area contributed by atoms with Gasteiger partial charge in [-0.1, -0.05) is 29.8 Å². The van der Waals surface area contributed by atoms with Gasteiger partial charge in [-0.2, -0.15) is 18.4 Å². The van der Waals surface area contributed by atoms with Crippen molar-refractivity contribution < 1.29 is 13.2 Å². The van der Waals surface area contributed by atoms with Gasteiger partial charge in [0, 0.05) is 12.2 Å². The summed E-state index contributed by atoms with van der Waals surface area (Å²) in [6.07, 6.45) is -4.51. The minimum atomic E-state index is -4.51. The topological polar surface area (TPSA) is 35.8 Å². The second kappa shape index (κ2) is 5.88. The zero-order valence-electron chi connectivity index (χ0n) is 11.3. The fourth-order valence-corrected chi connectivity index (χ4v) is 1.90. The molecule has 0 spiro atoms. The summed E-state index contributed by atoms with van der Waals surface area (Å²) < 4.78 is 38.1. The van der Waals surface area contributed by atoms with Crippen molar-refractivity contribution in [2.45, 2.75) is 19.6 Å². The SMILES string of the molecule is Cc1ccc(CNc2ccc(C(F)(F)F)c(C#N)c2)cc1. The Bertz CT molecular complexity index is 667. The van der Waals surface area contributed by atoms with Crippen molar-refractivity contribution in [3.05, 3.63) is 64.7 Å². The van der Waals surface area contributed by atoms with Crippen molar-refractivity contribution >= 4 is 5.69 Å². The molecule has 0 fully saturated rings. The Balaban J connectivity index is 2.15. The smallest absolute Gasteiger partial charge is 0.381 e. The lowest BCUT2D eigenvalue weighted by Crippen LogP contribution is -2.08. The molecule has 0 atom stereocenters. The molecule has 0 unspecified atom stereocenters. The van der Waals surface area contributed by atoms with E-state index in [1.807, 2.05) is 31.2 Å². The number of nitrogens with one attached hydrogen (secondary N) is 1. The second-order valence-electron chi connectivity index (χ2n) is 4.71. The van der Waals surface area contributed by atoms with E-state index >= 15 is 0 Å². The van der Waals surface area contributed by atoms with Crippen LogP contribution < -0.4 is 5.32 Å². The molecule has 0 bridgehead atoms. The van der Waals surface area contributed by atoms with Crippen molar-refractivity contribution in [2.75, 3.05) is 5.32 Å². The van der Waals surface area contributed by atoms with Crippen molar-refractivity contribution in [3.8, 4) is 6.07 Å². The highest BCUT2D eigenvalue weighted by atomic mass is 19.4. The quantitative estimate of drug-likeness (QED) is 0.903. The maximum atomic E-state index is 12.7. The van der Waals surface area contributed by atoms with Crippen LogP contribution in [-0.4, -0.2) is 0 Å². The molecule has 0 aliphatic rings. The molecule has 0 saturated carbocycles. The molecule has 0 heterocycles. The number of rotatable bonds is 3. The summed E-state index contributed by atoms with van der Waals surface area (Å²) in [5.41, 5.74) is 1.35. The lowest BCUT2D eigenvalue weighted by atomic mass is 10.1. The molecule has 0 aliphatic heterocycles. The van der Waals surface area contributed by atoms with E-state index in [-0.39, 0.29) is 5.56 Å². The molecule has 2 aromatic rings. The molecule has 2 nitrogen and oxygen atoms in total. The number of halogens is 3. The zero-order valence-corrected chi connectivity index (χ0v) is 11.3. The van der Waals surface area contributed by atoms with Crippen LogP contribution in [0.25, 0.3) is 0 Å². The largest absolute Gasteiger partial charge is 0.417 e. The van der Waals surface area contributed by atoms with Gasteiger partial charge in [0.25, 0.3) is 0 Å². The van der Waals surface area contributed by atoms with Gasteiger partial charge in [-0.15, -0.1) is 0 Å². The number of hydrogen-bond acceptors (Lipinski definition) is 2. The first-order valence-electron chi connectivity index (χ1n) is 6.31. The number of aryl methyl sites for hydroxylation is 1. The van der Waals surface area contributed by atoms with E-state index in [4.69, 9.17) is 5.26 Å². The van der Waals surface area contributed by atoms with Gasteiger partial charge in [-0.25, -0.2) is 0 Å². The van der Waals surface area contributed by atoms with E-state index in [0.717, 1.165) is 17.2 Å². The molecule has 108 valence electrons. The zero-order chi connectivity index (χ0) is 15.5. The first-order chi connectivity index (χ1) is 9.90. The van der Waals surface area contributed by atoms with Crippen molar-refractivity contribution in [3.63, 3.8) is 0 Å².